The summed E-state index contributed by atoms with van der Waals surface area (Å²) in [6, 6.07) is 6.84. The van der Waals surface area contributed by atoms with E-state index in [0.717, 1.165) is 5.76 Å². The Morgan fingerprint density at radius 2 is 2.28 bits per heavy atom. The molecule has 18 heavy (non-hydrogen) atoms. The molecule has 0 aromatic carbocycles. The Hall–Kier alpha value is -2.01. The molecule has 0 aliphatic heterocycles. The summed E-state index contributed by atoms with van der Waals surface area (Å²) < 4.78 is 5.18. The molecule has 6 heteroatoms. The second-order valence-corrected chi connectivity index (χ2v) is 4.00. The lowest BCUT2D eigenvalue weighted by atomic mass is 10.3. The van der Waals surface area contributed by atoms with Gasteiger partial charge in [-0.1, -0.05) is 11.6 Å². The van der Waals surface area contributed by atoms with E-state index < -0.39 is 5.97 Å². The number of pyridine rings is 1. The van der Waals surface area contributed by atoms with Crippen LogP contribution in [0.25, 0.3) is 0 Å². The van der Waals surface area contributed by atoms with Crippen LogP contribution in [-0.2, 0) is 6.42 Å². The van der Waals surface area contributed by atoms with Gasteiger partial charge in [0.25, 0.3) is 0 Å². The Labute approximate surface area is 108 Å². The first kappa shape index (κ1) is 12.4. The van der Waals surface area contributed by atoms with E-state index in [1.807, 2.05) is 12.1 Å². The summed E-state index contributed by atoms with van der Waals surface area (Å²) in [4.78, 5) is 14.8. The number of furan rings is 1. The average Bonchev–Trinajstić information content (AvgIpc) is 2.84. The number of carboxylic acids is 1. The molecular weight excluding hydrogens is 256 g/mol. The quantitative estimate of drug-likeness (QED) is 0.870. The topological polar surface area (TPSA) is 75.4 Å². The predicted molar refractivity (Wildman–Crippen MR) is 67.1 cm³/mol. The van der Waals surface area contributed by atoms with Gasteiger partial charge in [0.2, 0.25) is 0 Å². The van der Waals surface area contributed by atoms with Crippen molar-refractivity contribution >= 4 is 23.4 Å². The fourth-order valence-electron chi connectivity index (χ4n) is 1.46. The summed E-state index contributed by atoms with van der Waals surface area (Å²) in [5, 5.41) is 12.0. The minimum atomic E-state index is -1.14. The van der Waals surface area contributed by atoms with Crippen LogP contribution in [0.2, 0.25) is 5.02 Å². The van der Waals surface area contributed by atoms with Crippen LogP contribution >= 0.6 is 11.6 Å². The standard InChI is InChI=1S/C12H11ClN2O3/c13-9-3-4-10(15-11(9)12(16)17)14-6-5-8-2-1-7-18-8/h1-4,7H,5-6H2,(H,14,15)(H,16,17). The van der Waals surface area contributed by atoms with Gasteiger partial charge in [0.05, 0.1) is 11.3 Å². The van der Waals surface area contributed by atoms with Gasteiger partial charge in [-0.05, 0) is 24.3 Å². The van der Waals surface area contributed by atoms with Crippen LogP contribution in [0.3, 0.4) is 0 Å². The third-order valence-electron chi connectivity index (χ3n) is 2.31. The van der Waals surface area contributed by atoms with Crippen LogP contribution in [0.4, 0.5) is 5.82 Å². The van der Waals surface area contributed by atoms with Crippen LogP contribution in [0.15, 0.2) is 34.9 Å². The third-order valence-corrected chi connectivity index (χ3v) is 2.61. The molecular formula is C12H11ClN2O3. The molecule has 2 heterocycles. The van der Waals surface area contributed by atoms with Gasteiger partial charge in [-0.15, -0.1) is 0 Å². The van der Waals surface area contributed by atoms with E-state index in [2.05, 4.69) is 10.3 Å². The number of hydrogen-bond acceptors (Lipinski definition) is 4. The highest BCUT2D eigenvalue weighted by Crippen LogP contribution is 2.16. The first-order valence-corrected chi connectivity index (χ1v) is 5.70. The van der Waals surface area contributed by atoms with Crippen LogP contribution in [-0.4, -0.2) is 22.6 Å². The molecule has 0 radical (unpaired) electrons. The van der Waals surface area contributed by atoms with E-state index in [-0.39, 0.29) is 10.7 Å². The molecule has 2 aromatic rings. The van der Waals surface area contributed by atoms with Gasteiger partial charge in [-0.25, -0.2) is 9.78 Å². The van der Waals surface area contributed by atoms with Crippen molar-refractivity contribution in [2.75, 3.05) is 11.9 Å². The number of hydrogen-bond donors (Lipinski definition) is 2. The van der Waals surface area contributed by atoms with E-state index in [4.69, 9.17) is 21.1 Å². The largest absolute Gasteiger partial charge is 0.476 e. The van der Waals surface area contributed by atoms with E-state index in [0.29, 0.717) is 18.8 Å². The summed E-state index contributed by atoms with van der Waals surface area (Å²) in [6.45, 7) is 0.598. The van der Waals surface area contributed by atoms with Gasteiger partial charge < -0.3 is 14.8 Å². The number of carboxylic acid groups (broad SMARTS) is 1. The molecule has 2 N–H and O–H groups in total. The molecule has 0 amide bonds. The Morgan fingerprint density at radius 1 is 1.44 bits per heavy atom. The number of rotatable bonds is 5. The maximum atomic E-state index is 10.8. The second kappa shape index (κ2) is 5.55. The lowest BCUT2D eigenvalue weighted by Gasteiger charge is -2.06. The molecule has 94 valence electrons. The third kappa shape index (κ3) is 3.01. The monoisotopic (exact) mass is 266 g/mol. The van der Waals surface area contributed by atoms with E-state index >= 15 is 0 Å². The first-order valence-electron chi connectivity index (χ1n) is 5.33. The zero-order valence-electron chi connectivity index (χ0n) is 9.39. The van der Waals surface area contributed by atoms with Gasteiger partial charge in [-0.3, -0.25) is 0 Å². The maximum absolute atomic E-state index is 10.8. The van der Waals surface area contributed by atoms with Gasteiger partial charge in [0, 0.05) is 13.0 Å². The highest BCUT2D eigenvalue weighted by molar-refractivity contribution is 6.33. The van der Waals surface area contributed by atoms with Gasteiger partial charge in [0.15, 0.2) is 5.69 Å². The predicted octanol–water partition coefficient (Wildman–Crippen LogP) is 2.68. The number of nitrogens with zero attached hydrogens (tertiary/aromatic N) is 1. The normalized spacial score (nSPS) is 10.3. The van der Waals surface area contributed by atoms with E-state index in [1.165, 1.54) is 6.07 Å². The van der Waals surface area contributed by atoms with Crippen LogP contribution in [0, 0.1) is 0 Å². The maximum Gasteiger partial charge on any atom is 0.356 e. The minimum absolute atomic E-state index is 0.124. The minimum Gasteiger partial charge on any atom is -0.476 e. The second-order valence-electron chi connectivity index (χ2n) is 3.59. The summed E-state index contributed by atoms with van der Waals surface area (Å²) >= 11 is 5.72. The average molecular weight is 267 g/mol. The van der Waals surface area contributed by atoms with Crippen molar-refractivity contribution in [3.8, 4) is 0 Å². The first-order chi connectivity index (χ1) is 8.66. The summed E-state index contributed by atoms with van der Waals surface area (Å²) in [5.41, 5.74) is -0.153. The highest BCUT2D eigenvalue weighted by Gasteiger charge is 2.11. The number of aromatic nitrogens is 1. The van der Waals surface area contributed by atoms with Crippen molar-refractivity contribution < 1.29 is 14.3 Å². The Morgan fingerprint density at radius 3 is 2.94 bits per heavy atom. The van der Waals surface area contributed by atoms with Crippen molar-refractivity contribution in [1.82, 2.24) is 4.98 Å². The summed E-state index contributed by atoms with van der Waals surface area (Å²) in [7, 11) is 0. The Kier molecular flexibility index (Phi) is 3.84. The van der Waals surface area contributed by atoms with Crippen molar-refractivity contribution in [3.63, 3.8) is 0 Å². The molecule has 0 aliphatic carbocycles. The smallest absolute Gasteiger partial charge is 0.356 e. The number of carbonyl (C=O) groups is 1. The summed E-state index contributed by atoms with van der Waals surface area (Å²) in [6.07, 6.45) is 2.30. The Balaban J connectivity index is 1.97. The number of aromatic carboxylic acids is 1. The molecule has 0 unspecified atom stereocenters. The molecule has 2 aromatic heterocycles. The molecule has 2 rings (SSSR count). The van der Waals surface area contributed by atoms with Crippen LogP contribution < -0.4 is 5.32 Å². The fraction of sp³-hybridized carbons (Fsp3) is 0.167. The molecule has 0 spiro atoms. The van der Waals surface area contributed by atoms with Gasteiger partial charge in [0.1, 0.15) is 11.6 Å². The highest BCUT2D eigenvalue weighted by atomic mass is 35.5. The molecule has 0 fully saturated rings. The van der Waals surface area contributed by atoms with Gasteiger partial charge in [-0.2, -0.15) is 0 Å². The fourth-order valence-corrected chi connectivity index (χ4v) is 1.65. The molecule has 0 bridgehead atoms. The molecule has 0 saturated carbocycles. The van der Waals surface area contributed by atoms with E-state index in [9.17, 15) is 4.79 Å². The van der Waals surface area contributed by atoms with Crippen molar-refractivity contribution in [2.24, 2.45) is 0 Å². The molecule has 0 saturated heterocycles. The summed E-state index contributed by atoms with van der Waals surface area (Å²) in [5.74, 6) is 0.188. The lowest BCUT2D eigenvalue weighted by Crippen LogP contribution is -2.09. The van der Waals surface area contributed by atoms with Crippen LogP contribution in [0.5, 0.6) is 0 Å². The lowest BCUT2D eigenvalue weighted by molar-refractivity contribution is 0.0691. The SMILES string of the molecule is O=C(O)c1nc(NCCc2ccco2)ccc1Cl. The van der Waals surface area contributed by atoms with Gasteiger partial charge >= 0.3 is 5.97 Å². The molecule has 0 atom stereocenters. The zero-order valence-corrected chi connectivity index (χ0v) is 10.1. The van der Waals surface area contributed by atoms with Crippen molar-refractivity contribution in [1.29, 1.82) is 0 Å². The number of anilines is 1. The van der Waals surface area contributed by atoms with Crippen molar-refractivity contribution in [2.45, 2.75) is 6.42 Å². The zero-order chi connectivity index (χ0) is 13.0. The van der Waals surface area contributed by atoms with Crippen LogP contribution in [0.1, 0.15) is 16.2 Å². The Bertz CT molecular complexity index is 540. The van der Waals surface area contributed by atoms with Crippen molar-refractivity contribution in [3.05, 3.63) is 47.0 Å². The number of halogens is 1. The molecule has 5 nitrogen and oxygen atoms in total. The number of nitrogens with one attached hydrogen (secondary N) is 1. The molecule has 0 aliphatic rings. The van der Waals surface area contributed by atoms with E-state index in [1.54, 1.807) is 12.3 Å².